The molecule has 0 radical (unpaired) electrons. The number of nitrogens with zero attached hydrogens (tertiary/aromatic N) is 2. The van der Waals surface area contributed by atoms with Crippen molar-refractivity contribution in [1.82, 2.24) is 5.01 Å². The van der Waals surface area contributed by atoms with Crippen LogP contribution in [-0.2, 0) is 16.2 Å². The highest BCUT2D eigenvalue weighted by atomic mass is 79.9. The Morgan fingerprint density at radius 3 is 2.15 bits per heavy atom. The number of imide groups is 1. The van der Waals surface area contributed by atoms with Crippen LogP contribution >= 0.6 is 43.5 Å². The molecule has 5 nitrogen and oxygen atoms in total. The number of hydrogen-bond acceptors (Lipinski definition) is 4. The lowest BCUT2D eigenvalue weighted by atomic mass is 9.63. The maximum atomic E-state index is 13.1. The summed E-state index contributed by atoms with van der Waals surface area (Å²) < 4.78 is 7.44. The number of carbonyl (C=O) groups is 2. The van der Waals surface area contributed by atoms with Crippen LogP contribution in [0.4, 0.5) is 0 Å². The van der Waals surface area contributed by atoms with E-state index < -0.39 is 0 Å². The molecule has 1 heterocycles. The van der Waals surface area contributed by atoms with Crippen molar-refractivity contribution in [3.05, 3.63) is 73.6 Å². The molecular formula is C25H19Br2ClN2O3. The summed E-state index contributed by atoms with van der Waals surface area (Å²) in [6.07, 6.45) is 7.03. The average molecular weight is 591 g/mol. The monoisotopic (exact) mass is 588 g/mol. The van der Waals surface area contributed by atoms with Crippen LogP contribution in [0.25, 0.3) is 0 Å². The SMILES string of the molecule is O=C1[C@@H]2[C@H]3C=C[C@@H]([C@@H]4C[C@H]34)[C@@H]2C(=O)N1/N=C\c1cc(Br)c(OCc2ccc(Cl)cc2)c(Br)c1. The lowest BCUT2D eigenvalue weighted by Gasteiger charge is -2.37. The van der Waals surface area contributed by atoms with E-state index in [1.54, 1.807) is 6.21 Å². The number of hydrogen-bond donors (Lipinski definition) is 0. The molecule has 0 N–H and O–H groups in total. The number of amides is 2. The number of halogens is 3. The minimum Gasteiger partial charge on any atom is -0.487 e. The van der Waals surface area contributed by atoms with Gasteiger partial charge in [0, 0.05) is 5.02 Å². The van der Waals surface area contributed by atoms with E-state index in [0.29, 0.717) is 29.2 Å². The van der Waals surface area contributed by atoms with Gasteiger partial charge in [-0.05, 0) is 97.3 Å². The fraction of sp³-hybridized carbons (Fsp3) is 0.320. The van der Waals surface area contributed by atoms with Crippen LogP contribution in [0.5, 0.6) is 5.75 Å². The fourth-order valence-corrected chi connectivity index (χ4v) is 7.28. The van der Waals surface area contributed by atoms with Crippen molar-refractivity contribution < 1.29 is 14.3 Å². The fourth-order valence-electron chi connectivity index (χ4n) is 5.71. The minimum absolute atomic E-state index is 0.160. The molecule has 4 aliphatic carbocycles. The molecule has 33 heavy (non-hydrogen) atoms. The molecule has 8 heteroatoms. The number of hydrazone groups is 1. The highest BCUT2D eigenvalue weighted by molar-refractivity contribution is 9.11. The van der Waals surface area contributed by atoms with E-state index >= 15 is 0 Å². The molecule has 0 spiro atoms. The van der Waals surface area contributed by atoms with Crippen molar-refractivity contribution in [2.24, 2.45) is 40.6 Å². The van der Waals surface area contributed by atoms with E-state index in [-0.39, 0.29) is 35.5 Å². The second-order valence-corrected chi connectivity index (χ2v) is 11.3. The Morgan fingerprint density at radius 1 is 1.00 bits per heavy atom. The van der Waals surface area contributed by atoms with Gasteiger partial charge in [-0.3, -0.25) is 9.59 Å². The lowest BCUT2D eigenvalue weighted by Crippen LogP contribution is -2.40. The van der Waals surface area contributed by atoms with Gasteiger partial charge in [-0.15, -0.1) is 0 Å². The second-order valence-electron chi connectivity index (χ2n) is 9.12. The van der Waals surface area contributed by atoms with Crippen molar-refractivity contribution in [2.45, 2.75) is 13.0 Å². The Bertz CT molecular complexity index is 1170. The van der Waals surface area contributed by atoms with E-state index in [9.17, 15) is 9.59 Å². The van der Waals surface area contributed by atoms with Gasteiger partial charge in [0.25, 0.3) is 11.8 Å². The summed E-state index contributed by atoms with van der Waals surface area (Å²) in [5, 5.41) is 6.09. The molecule has 168 valence electrons. The highest BCUT2D eigenvalue weighted by Gasteiger charge is 2.67. The molecular weight excluding hydrogens is 572 g/mol. The highest BCUT2D eigenvalue weighted by Crippen LogP contribution is 2.65. The smallest absolute Gasteiger partial charge is 0.254 e. The summed E-state index contributed by atoms with van der Waals surface area (Å²) in [5.41, 5.74) is 1.74. The zero-order valence-electron chi connectivity index (χ0n) is 17.3. The summed E-state index contributed by atoms with van der Waals surface area (Å²) in [6.45, 7) is 0.389. The molecule has 2 amide bonds. The van der Waals surface area contributed by atoms with E-state index in [4.69, 9.17) is 16.3 Å². The van der Waals surface area contributed by atoms with Crippen LogP contribution in [0.15, 0.2) is 62.6 Å². The molecule has 1 aliphatic heterocycles. The molecule has 7 rings (SSSR count). The molecule has 2 aromatic carbocycles. The number of benzene rings is 2. The third-order valence-corrected chi connectivity index (χ3v) is 8.71. The van der Waals surface area contributed by atoms with Crippen molar-refractivity contribution in [3.63, 3.8) is 0 Å². The van der Waals surface area contributed by atoms with Gasteiger partial charge < -0.3 is 4.74 Å². The van der Waals surface area contributed by atoms with Crippen molar-refractivity contribution in [1.29, 1.82) is 0 Å². The van der Waals surface area contributed by atoms with Crippen LogP contribution in [0.1, 0.15) is 17.5 Å². The Kier molecular flexibility index (Phi) is 5.27. The first kappa shape index (κ1) is 21.6. The largest absolute Gasteiger partial charge is 0.487 e. The molecule has 6 atom stereocenters. The summed E-state index contributed by atoms with van der Waals surface area (Å²) in [7, 11) is 0. The number of carbonyl (C=O) groups excluding carboxylic acids is 2. The zero-order valence-corrected chi connectivity index (χ0v) is 21.3. The van der Waals surface area contributed by atoms with Gasteiger partial charge in [0.15, 0.2) is 0 Å². The van der Waals surface area contributed by atoms with Gasteiger partial charge in [0.05, 0.1) is 27.0 Å². The van der Waals surface area contributed by atoms with Gasteiger partial charge >= 0.3 is 0 Å². The first-order valence-electron chi connectivity index (χ1n) is 10.9. The van der Waals surface area contributed by atoms with Gasteiger partial charge in [-0.25, -0.2) is 0 Å². The minimum atomic E-state index is -0.240. The van der Waals surface area contributed by atoms with Crippen molar-refractivity contribution in [2.75, 3.05) is 0 Å². The zero-order chi connectivity index (χ0) is 22.9. The molecule has 0 aromatic heterocycles. The number of rotatable bonds is 5. The lowest BCUT2D eigenvalue weighted by molar-refractivity contribution is -0.140. The number of allylic oxidation sites excluding steroid dienone is 2. The Labute approximate surface area is 213 Å². The first-order chi connectivity index (χ1) is 15.9. The maximum absolute atomic E-state index is 13.1. The molecule has 2 saturated carbocycles. The van der Waals surface area contributed by atoms with E-state index in [0.717, 1.165) is 31.5 Å². The quantitative estimate of drug-likeness (QED) is 0.250. The summed E-state index contributed by atoms with van der Waals surface area (Å²) in [6, 6.07) is 11.2. The normalized spacial score (nSPS) is 31.3. The predicted molar refractivity (Wildman–Crippen MR) is 132 cm³/mol. The van der Waals surface area contributed by atoms with E-state index in [1.807, 2.05) is 36.4 Å². The second kappa shape index (κ2) is 8.07. The topological polar surface area (TPSA) is 59.0 Å². The van der Waals surface area contributed by atoms with Crippen molar-refractivity contribution >= 4 is 61.5 Å². The summed E-state index contributed by atoms with van der Waals surface area (Å²) >= 11 is 13.0. The van der Waals surface area contributed by atoms with Crippen LogP contribution in [-0.4, -0.2) is 23.0 Å². The van der Waals surface area contributed by atoms with Gasteiger partial charge in [0.1, 0.15) is 12.4 Å². The molecule has 5 aliphatic rings. The van der Waals surface area contributed by atoms with Crippen LogP contribution in [0, 0.1) is 35.5 Å². The molecule has 1 saturated heterocycles. The molecule has 0 unspecified atom stereocenters. The van der Waals surface area contributed by atoms with Gasteiger partial charge in [-0.1, -0.05) is 35.9 Å². The van der Waals surface area contributed by atoms with Gasteiger partial charge in [-0.2, -0.15) is 10.1 Å². The number of ether oxygens (including phenoxy) is 1. The third kappa shape index (κ3) is 3.60. The maximum Gasteiger partial charge on any atom is 0.254 e. The predicted octanol–water partition coefficient (Wildman–Crippen LogP) is 5.83. The van der Waals surface area contributed by atoms with Crippen LogP contribution in [0.2, 0.25) is 5.02 Å². The van der Waals surface area contributed by atoms with E-state index in [1.165, 1.54) is 0 Å². The standard InChI is InChI=1S/C25H19Br2ClN2O3/c26-19-7-13(8-20(27)23(19)33-11-12-1-3-14(28)4-2-12)10-29-30-24(31)21-15-5-6-16(18-9-17(15)18)22(21)25(30)32/h1-8,10,15-18,21-22H,9,11H2/b29-10-/t15-,16-,17-,18+,21-,22+/m0/s1. The molecule has 3 fully saturated rings. The first-order valence-corrected chi connectivity index (χ1v) is 12.8. The van der Waals surface area contributed by atoms with Crippen molar-refractivity contribution in [3.8, 4) is 5.75 Å². The van der Waals surface area contributed by atoms with E-state index in [2.05, 4.69) is 49.1 Å². The van der Waals surface area contributed by atoms with Gasteiger partial charge in [0.2, 0.25) is 0 Å². The van der Waals surface area contributed by atoms with Crippen LogP contribution in [0.3, 0.4) is 0 Å². The Balaban J connectivity index is 1.18. The summed E-state index contributed by atoms with van der Waals surface area (Å²) in [5.74, 6) is 1.40. The Morgan fingerprint density at radius 2 is 1.58 bits per heavy atom. The Hall–Kier alpha value is -1.96. The van der Waals surface area contributed by atoms with Crippen LogP contribution < -0.4 is 4.74 Å². The summed E-state index contributed by atoms with van der Waals surface area (Å²) in [4.78, 5) is 26.1. The molecule has 2 aromatic rings. The average Bonchev–Trinajstić information content (AvgIpc) is 3.57. The third-order valence-electron chi connectivity index (χ3n) is 7.28. The molecule has 2 bridgehead atoms.